The standard InChI is InChI=1S/C2H2AsCl3.CHN/c4-2-1-3(5)6;1-2/h1-2H;1H/b2-1+;. The molecule has 0 saturated heterocycles. The van der Waals surface area contributed by atoms with Crippen LogP contribution in [0.15, 0.2) is 10.4 Å². The molecule has 0 rings (SSSR count). The second-order valence-corrected chi connectivity index (χ2v) is 7.18. The van der Waals surface area contributed by atoms with E-state index < -0.39 is 12.8 Å². The maximum absolute atomic E-state index is 6.50. The second-order valence-electron chi connectivity index (χ2n) is 0.534. The molecule has 0 amide bonds. The fourth-order valence-electron chi connectivity index (χ4n) is 0.0426. The van der Waals surface area contributed by atoms with E-state index >= 15 is 0 Å². The van der Waals surface area contributed by atoms with E-state index in [9.17, 15) is 0 Å². The Bertz CT molecular complexity index is 79.8. The summed E-state index contributed by atoms with van der Waals surface area (Å²) in [5.41, 5.74) is 1.35. The molecule has 0 bridgehead atoms. The van der Waals surface area contributed by atoms with Crippen LogP contribution in [0, 0.1) is 11.8 Å². The zero-order valence-corrected chi connectivity index (χ0v) is 7.90. The first-order valence-electron chi connectivity index (χ1n) is 1.41. The van der Waals surface area contributed by atoms with E-state index in [1.165, 1.54) is 5.54 Å². The van der Waals surface area contributed by atoms with E-state index in [2.05, 4.69) is 6.57 Å². The van der Waals surface area contributed by atoms with Crippen molar-refractivity contribution in [2.75, 3.05) is 0 Å². The number of hydrogen-bond donors (Lipinski definition) is 0. The van der Waals surface area contributed by atoms with Crippen LogP contribution in [0.2, 0.25) is 0 Å². The van der Waals surface area contributed by atoms with Gasteiger partial charge in [0.05, 0.1) is 0 Å². The van der Waals surface area contributed by atoms with Gasteiger partial charge in [-0.1, -0.05) is 0 Å². The summed E-state index contributed by atoms with van der Waals surface area (Å²) in [6, 6.07) is 0. The molecule has 0 aliphatic heterocycles. The van der Waals surface area contributed by atoms with Crippen LogP contribution in [0.5, 0.6) is 0 Å². The molecule has 0 unspecified atom stereocenters. The van der Waals surface area contributed by atoms with Gasteiger partial charge in [-0.05, 0) is 0 Å². The van der Waals surface area contributed by atoms with Gasteiger partial charge in [0, 0.05) is 6.57 Å². The van der Waals surface area contributed by atoms with Gasteiger partial charge in [0.25, 0.3) is 0 Å². The van der Waals surface area contributed by atoms with Crippen molar-refractivity contribution in [1.82, 2.24) is 0 Å². The number of rotatable bonds is 1. The molecule has 46 valence electrons. The quantitative estimate of drug-likeness (QED) is 0.639. The van der Waals surface area contributed by atoms with Gasteiger partial charge in [0.15, 0.2) is 0 Å². The summed E-state index contributed by atoms with van der Waals surface area (Å²) >= 11 is 3.49. The topological polar surface area (TPSA) is 23.8 Å². The molecule has 8 heavy (non-hydrogen) atoms. The van der Waals surface area contributed by atoms with Gasteiger partial charge in [0.1, 0.15) is 0 Å². The van der Waals surface area contributed by atoms with Crippen molar-refractivity contribution in [3.8, 4) is 6.57 Å². The third-order valence-corrected chi connectivity index (χ3v) is 2.63. The van der Waals surface area contributed by atoms with Crippen molar-refractivity contribution in [2.45, 2.75) is 0 Å². The summed E-state index contributed by atoms with van der Waals surface area (Å²) in [5, 5.41) is 6.50. The van der Waals surface area contributed by atoms with Crippen LogP contribution < -0.4 is 0 Å². The molecule has 0 aromatic carbocycles. The van der Waals surface area contributed by atoms with Crippen molar-refractivity contribution >= 4 is 44.3 Å². The number of nitrogens with zero attached hydrogens (tertiary/aromatic N) is 1. The monoisotopic (exact) mass is 233 g/mol. The first-order valence-corrected chi connectivity index (χ1v) is 7.86. The normalized spacial score (nSPS) is 8.75. The summed E-state index contributed by atoms with van der Waals surface area (Å²) in [7, 11) is 10.6. The molecular weight excluding hydrogens is 231 g/mol. The van der Waals surface area contributed by atoms with Crippen LogP contribution in [0.3, 0.4) is 0 Å². The Hall–Kier alpha value is 0.658. The van der Waals surface area contributed by atoms with Gasteiger partial charge >= 0.3 is 54.7 Å². The maximum atomic E-state index is 6.50. The molecule has 0 saturated carbocycles. The zero-order valence-electron chi connectivity index (χ0n) is 3.76. The summed E-state index contributed by atoms with van der Waals surface area (Å²) in [4.78, 5) is 1.61. The number of halogens is 3. The van der Waals surface area contributed by atoms with Crippen LogP contribution >= 0.6 is 31.5 Å². The van der Waals surface area contributed by atoms with Gasteiger partial charge in [-0.25, -0.2) is 5.26 Å². The fraction of sp³-hybridized carbons (Fsp3) is 0. The van der Waals surface area contributed by atoms with Crippen molar-refractivity contribution in [3.05, 3.63) is 10.4 Å². The number of hydrogen-bond acceptors (Lipinski definition) is 1. The molecule has 0 radical (unpaired) electrons. The van der Waals surface area contributed by atoms with Gasteiger partial charge in [-0.15, -0.1) is 0 Å². The molecule has 0 N–H and O–H groups in total. The third kappa shape index (κ3) is 15.9. The van der Waals surface area contributed by atoms with Gasteiger partial charge in [-0.3, -0.25) is 0 Å². The van der Waals surface area contributed by atoms with E-state index in [1.807, 2.05) is 0 Å². The van der Waals surface area contributed by atoms with Crippen LogP contribution in [-0.4, -0.2) is 12.8 Å². The summed E-state index contributed by atoms with van der Waals surface area (Å²) in [5.74, 6) is 0. The first-order chi connectivity index (χ1) is 3.77. The molecule has 0 heterocycles. The predicted octanol–water partition coefficient (Wildman–Crippen LogP) is 2.38. The molecule has 1 nitrogen and oxygen atoms in total. The zero-order chi connectivity index (χ0) is 6.99. The number of nitriles is 1. The predicted molar refractivity (Wildman–Crippen MR) is 39.1 cm³/mol. The molecule has 0 fully saturated rings. The van der Waals surface area contributed by atoms with Crippen molar-refractivity contribution < 1.29 is 0 Å². The van der Waals surface area contributed by atoms with Gasteiger partial charge < -0.3 is 0 Å². The van der Waals surface area contributed by atoms with E-state index in [0.29, 0.717) is 0 Å². The summed E-state index contributed by atoms with van der Waals surface area (Å²) < 4.78 is 0. The second kappa shape index (κ2) is 10.6. The molecule has 5 heteroatoms. The Morgan fingerprint density at radius 1 is 1.38 bits per heavy atom. The molecule has 0 atom stereocenters. The summed E-state index contributed by atoms with van der Waals surface area (Å²) in [6.45, 7) is 3.50. The molecule has 0 aromatic rings. The van der Waals surface area contributed by atoms with Crippen LogP contribution in [0.1, 0.15) is 0 Å². The van der Waals surface area contributed by atoms with E-state index in [-0.39, 0.29) is 0 Å². The van der Waals surface area contributed by atoms with Gasteiger partial charge in [0.2, 0.25) is 0 Å². The fourth-order valence-corrected chi connectivity index (χ4v) is 1.99. The molecule has 0 aliphatic rings. The van der Waals surface area contributed by atoms with Crippen molar-refractivity contribution in [3.63, 3.8) is 0 Å². The average Bonchev–Trinajstić information content (AvgIpc) is 1.72. The van der Waals surface area contributed by atoms with Crippen LogP contribution in [-0.2, 0) is 0 Å². The van der Waals surface area contributed by atoms with Crippen molar-refractivity contribution in [2.24, 2.45) is 0 Å². The first kappa shape index (κ1) is 11.5. The molecule has 0 aliphatic carbocycles. The van der Waals surface area contributed by atoms with Gasteiger partial charge in [-0.2, -0.15) is 0 Å². The van der Waals surface area contributed by atoms with Crippen molar-refractivity contribution in [1.29, 1.82) is 5.26 Å². The average molecular weight is 234 g/mol. The minimum absolute atomic E-state index is 1.35. The van der Waals surface area contributed by atoms with E-state index in [4.69, 9.17) is 36.8 Å². The molecule has 0 spiro atoms. The summed E-state index contributed by atoms with van der Waals surface area (Å²) in [6.07, 6.45) is 0. The molecule has 0 aromatic heterocycles. The van der Waals surface area contributed by atoms with E-state index in [0.717, 1.165) is 0 Å². The van der Waals surface area contributed by atoms with Crippen LogP contribution in [0.4, 0.5) is 0 Å². The Morgan fingerprint density at radius 3 is 1.75 bits per heavy atom. The van der Waals surface area contributed by atoms with E-state index in [1.54, 1.807) is 4.86 Å². The SMILES string of the molecule is C#N.Cl/C=C/[As](Cl)Cl. The van der Waals surface area contributed by atoms with Crippen LogP contribution in [0.25, 0.3) is 0 Å². The third-order valence-electron chi connectivity index (χ3n) is 0.169. The Labute approximate surface area is 66.4 Å². The minimum atomic E-state index is -1.59. The molecular formula is C3H3AsCl3N. The Morgan fingerprint density at radius 2 is 1.75 bits per heavy atom. The Balaban J connectivity index is 0. The Kier molecular flexibility index (Phi) is 15.2.